The van der Waals surface area contributed by atoms with Gasteiger partial charge in [0, 0.05) is 0 Å². The lowest BCUT2D eigenvalue weighted by atomic mass is 10.4. The normalized spacial score (nSPS) is 13.5. The van der Waals surface area contributed by atoms with E-state index < -0.39 is 21.1 Å². The minimum atomic E-state index is -3.74. The third kappa shape index (κ3) is 1.93. The van der Waals surface area contributed by atoms with Gasteiger partial charge in [0.2, 0.25) is 0 Å². The van der Waals surface area contributed by atoms with Crippen LogP contribution in [-0.4, -0.2) is 24.7 Å². The molecule has 0 bridgehead atoms. The summed E-state index contributed by atoms with van der Waals surface area (Å²) in [4.78, 5) is 10.6. The molecule has 0 aliphatic rings. The van der Waals surface area contributed by atoms with Gasteiger partial charge in [0.05, 0.1) is 4.90 Å². The highest BCUT2D eigenvalue weighted by Gasteiger charge is 2.28. The lowest BCUT2D eigenvalue weighted by Gasteiger charge is -2.07. The Morgan fingerprint density at radius 3 is 2.21 bits per heavy atom. The monoisotopic (exact) mass is 214 g/mol. The predicted octanol–water partition coefficient (Wildman–Crippen LogP) is 0.933. The van der Waals surface area contributed by atoms with Crippen molar-refractivity contribution in [2.24, 2.45) is 0 Å². The quantitative estimate of drug-likeness (QED) is 0.812. The molecule has 0 aliphatic heterocycles. The highest BCUT2D eigenvalue weighted by atomic mass is 32.2. The SMILES string of the molecule is CC(C(=O)O)S(=O)(=O)c1ccccc1. The number of hydrogen-bond donors (Lipinski definition) is 1. The first-order valence-corrected chi connectivity index (χ1v) is 5.52. The largest absolute Gasteiger partial charge is 0.480 e. The summed E-state index contributed by atoms with van der Waals surface area (Å²) in [5, 5.41) is 7.19. The van der Waals surface area contributed by atoms with Crippen LogP contribution in [0, 0.1) is 0 Å². The number of carboxylic acids is 1. The van der Waals surface area contributed by atoms with Crippen LogP contribution in [0.15, 0.2) is 35.2 Å². The molecular weight excluding hydrogens is 204 g/mol. The van der Waals surface area contributed by atoms with Gasteiger partial charge in [-0.1, -0.05) is 18.2 Å². The van der Waals surface area contributed by atoms with Crippen molar-refractivity contribution in [2.45, 2.75) is 17.1 Å². The number of benzene rings is 1. The topological polar surface area (TPSA) is 71.4 Å². The van der Waals surface area contributed by atoms with E-state index in [1.165, 1.54) is 12.1 Å². The van der Waals surface area contributed by atoms with E-state index in [2.05, 4.69) is 0 Å². The highest BCUT2D eigenvalue weighted by molar-refractivity contribution is 7.92. The van der Waals surface area contributed by atoms with Crippen LogP contribution in [0.2, 0.25) is 0 Å². The maximum atomic E-state index is 11.6. The summed E-state index contributed by atoms with van der Waals surface area (Å²) >= 11 is 0. The van der Waals surface area contributed by atoms with Crippen molar-refractivity contribution < 1.29 is 18.3 Å². The lowest BCUT2D eigenvalue weighted by Crippen LogP contribution is -2.26. The summed E-state index contributed by atoms with van der Waals surface area (Å²) < 4.78 is 23.2. The van der Waals surface area contributed by atoms with Crippen LogP contribution >= 0.6 is 0 Å². The molecule has 1 aromatic rings. The smallest absolute Gasteiger partial charge is 0.321 e. The molecule has 1 unspecified atom stereocenters. The Morgan fingerprint density at radius 1 is 1.29 bits per heavy atom. The molecule has 0 amide bonds. The molecule has 0 fully saturated rings. The summed E-state index contributed by atoms with van der Waals surface area (Å²) in [6.07, 6.45) is 0. The lowest BCUT2D eigenvalue weighted by molar-refractivity contribution is -0.136. The average molecular weight is 214 g/mol. The van der Waals surface area contributed by atoms with E-state index in [4.69, 9.17) is 5.11 Å². The van der Waals surface area contributed by atoms with Gasteiger partial charge >= 0.3 is 5.97 Å². The van der Waals surface area contributed by atoms with Gasteiger partial charge in [-0.3, -0.25) is 4.79 Å². The maximum Gasteiger partial charge on any atom is 0.321 e. The van der Waals surface area contributed by atoms with E-state index >= 15 is 0 Å². The Kier molecular flexibility index (Phi) is 2.90. The fourth-order valence-corrected chi connectivity index (χ4v) is 2.16. The average Bonchev–Trinajstić information content (AvgIpc) is 2.18. The van der Waals surface area contributed by atoms with Crippen LogP contribution in [0.1, 0.15) is 6.92 Å². The van der Waals surface area contributed by atoms with E-state index in [-0.39, 0.29) is 4.90 Å². The molecule has 0 aromatic heterocycles. The van der Waals surface area contributed by atoms with Gasteiger partial charge in [-0.15, -0.1) is 0 Å². The number of carboxylic acid groups (broad SMARTS) is 1. The molecule has 0 spiro atoms. The summed E-state index contributed by atoms with van der Waals surface area (Å²) in [5.74, 6) is -1.34. The van der Waals surface area contributed by atoms with E-state index in [9.17, 15) is 13.2 Å². The number of sulfone groups is 1. The molecule has 4 nitrogen and oxygen atoms in total. The first-order valence-electron chi connectivity index (χ1n) is 3.98. The molecule has 1 aromatic carbocycles. The molecule has 0 heterocycles. The van der Waals surface area contributed by atoms with Crippen LogP contribution in [-0.2, 0) is 14.6 Å². The van der Waals surface area contributed by atoms with Gasteiger partial charge in [-0.2, -0.15) is 0 Å². The summed E-state index contributed by atoms with van der Waals surface area (Å²) in [6.45, 7) is 1.16. The maximum absolute atomic E-state index is 11.6. The number of carbonyl (C=O) groups is 1. The van der Waals surface area contributed by atoms with Crippen LogP contribution in [0.4, 0.5) is 0 Å². The van der Waals surface area contributed by atoms with Crippen LogP contribution in [0.3, 0.4) is 0 Å². The Morgan fingerprint density at radius 2 is 1.79 bits per heavy atom. The van der Waals surface area contributed by atoms with E-state index in [1.54, 1.807) is 18.2 Å². The summed E-state index contributed by atoms with van der Waals surface area (Å²) in [5.41, 5.74) is 0. The Balaban J connectivity index is 3.16. The van der Waals surface area contributed by atoms with E-state index in [0.29, 0.717) is 0 Å². The molecule has 1 rings (SSSR count). The molecule has 5 heteroatoms. The molecule has 1 atom stereocenters. The number of aliphatic carboxylic acids is 1. The number of hydrogen-bond acceptors (Lipinski definition) is 3. The van der Waals surface area contributed by atoms with Crippen molar-refractivity contribution in [3.8, 4) is 0 Å². The van der Waals surface area contributed by atoms with Gasteiger partial charge in [0.25, 0.3) is 0 Å². The third-order valence-electron chi connectivity index (χ3n) is 1.88. The minimum absolute atomic E-state index is 0.0369. The standard InChI is InChI=1S/C9H10O4S/c1-7(9(10)11)14(12,13)8-5-3-2-4-6-8/h2-7H,1H3,(H,10,11). The molecule has 76 valence electrons. The molecule has 0 radical (unpaired) electrons. The molecule has 0 aliphatic carbocycles. The van der Waals surface area contributed by atoms with Gasteiger partial charge < -0.3 is 5.11 Å². The fraction of sp³-hybridized carbons (Fsp3) is 0.222. The first kappa shape index (κ1) is 10.7. The van der Waals surface area contributed by atoms with Crippen molar-refractivity contribution in [1.29, 1.82) is 0 Å². The van der Waals surface area contributed by atoms with E-state index in [1.807, 2.05) is 0 Å². The van der Waals surface area contributed by atoms with Gasteiger partial charge in [0.1, 0.15) is 0 Å². The van der Waals surface area contributed by atoms with Crippen molar-refractivity contribution in [1.82, 2.24) is 0 Å². The molecule has 0 saturated heterocycles. The zero-order valence-electron chi connectivity index (χ0n) is 7.54. The summed E-state index contributed by atoms with van der Waals surface area (Å²) in [6, 6.07) is 7.55. The highest BCUT2D eigenvalue weighted by Crippen LogP contribution is 2.15. The molecule has 0 saturated carbocycles. The second-order valence-electron chi connectivity index (χ2n) is 2.84. The Bertz CT molecular complexity index is 421. The fourth-order valence-electron chi connectivity index (χ4n) is 0.947. The second-order valence-corrected chi connectivity index (χ2v) is 5.11. The van der Waals surface area contributed by atoms with Crippen LogP contribution in [0.25, 0.3) is 0 Å². The van der Waals surface area contributed by atoms with Gasteiger partial charge in [-0.25, -0.2) is 8.42 Å². The molecule has 1 N–H and O–H groups in total. The molecule has 14 heavy (non-hydrogen) atoms. The van der Waals surface area contributed by atoms with Crippen LogP contribution in [0.5, 0.6) is 0 Å². The first-order chi connectivity index (χ1) is 6.46. The van der Waals surface area contributed by atoms with Crippen molar-refractivity contribution in [2.75, 3.05) is 0 Å². The predicted molar refractivity (Wildman–Crippen MR) is 50.7 cm³/mol. The minimum Gasteiger partial charge on any atom is -0.480 e. The Labute approximate surface area is 82.1 Å². The number of rotatable bonds is 3. The molecular formula is C9H10O4S. The van der Waals surface area contributed by atoms with Gasteiger partial charge in [0.15, 0.2) is 15.1 Å². The Hall–Kier alpha value is -1.36. The van der Waals surface area contributed by atoms with Crippen molar-refractivity contribution >= 4 is 15.8 Å². The van der Waals surface area contributed by atoms with E-state index in [0.717, 1.165) is 6.92 Å². The van der Waals surface area contributed by atoms with Crippen molar-refractivity contribution in [3.05, 3.63) is 30.3 Å². The summed E-state index contributed by atoms with van der Waals surface area (Å²) in [7, 11) is -3.74. The van der Waals surface area contributed by atoms with Gasteiger partial charge in [-0.05, 0) is 19.1 Å². The third-order valence-corrected chi connectivity index (χ3v) is 3.95. The second kappa shape index (κ2) is 3.79. The zero-order valence-corrected chi connectivity index (χ0v) is 8.36. The zero-order chi connectivity index (χ0) is 10.8. The van der Waals surface area contributed by atoms with Crippen molar-refractivity contribution in [3.63, 3.8) is 0 Å². The van der Waals surface area contributed by atoms with Crippen LogP contribution < -0.4 is 0 Å².